The van der Waals surface area contributed by atoms with E-state index in [2.05, 4.69) is 9.71 Å². The molecule has 96 valence electrons. The number of nitriles is 1. The molecule has 0 bridgehead atoms. The van der Waals surface area contributed by atoms with E-state index in [0.29, 0.717) is 29.4 Å². The molecular weight excluding hydrogens is 286 g/mol. The monoisotopic (exact) mass is 293 g/mol. The first-order chi connectivity index (χ1) is 9.22. The van der Waals surface area contributed by atoms with Gasteiger partial charge in [-0.05, 0) is 30.3 Å². The summed E-state index contributed by atoms with van der Waals surface area (Å²) in [6, 6.07) is 11.9. The topological polar surface area (TPSA) is 78.2 Å². The fourth-order valence-electron chi connectivity index (χ4n) is 1.32. The zero-order valence-corrected chi connectivity index (χ0v) is 11.1. The molecule has 0 saturated carbocycles. The lowest BCUT2D eigenvalue weighted by molar-refractivity contribution is 0.463. The van der Waals surface area contributed by atoms with Gasteiger partial charge in [0.2, 0.25) is 5.88 Å². The number of pyridine rings is 1. The Kier molecular flexibility index (Phi) is 4.47. The van der Waals surface area contributed by atoms with Crippen molar-refractivity contribution in [2.24, 2.45) is 0 Å². The van der Waals surface area contributed by atoms with Crippen LogP contribution in [-0.4, -0.2) is 9.54 Å². The van der Waals surface area contributed by atoms with Crippen LogP contribution in [0.4, 0.5) is 5.69 Å². The molecule has 0 aliphatic heterocycles. The zero-order chi connectivity index (χ0) is 13.7. The van der Waals surface area contributed by atoms with E-state index in [-0.39, 0.29) is 5.15 Å². The van der Waals surface area contributed by atoms with Crippen LogP contribution in [0.5, 0.6) is 11.6 Å². The highest BCUT2D eigenvalue weighted by Crippen LogP contribution is 2.24. The number of rotatable bonds is 4. The average molecular weight is 294 g/mol. The predicted molar refractivity (Wildman–Crippen MR) is 74.3 cm³/mol. The van der Waals surface area contributed by atoms with E-state index in [1.54, 1.807) is 36.4 Å². The van der Waals surface area contributed by atoms with E-state index in [1.165, 1.54) is 0 Å². The first-order valence-corrected chi connectivity index (χ1v) is 6.29. The van der Waals surface area contributed by atoms with Crippen molar-refractivity contribution < 1.29 is 9.29 Å². The molecule has 1 aromatic heterocycles. The lowest BCUT2D eigenvalue weighted by atomic mass is 10.3. The maximum absolute atomic E-state index is 8.74. The Balaban J connectivity index is 2.13. The molecule has 0 amide bonds. The van der Waals surface area contributed by atoms with E-state index in [1.807, 2.05) is 6.07 Å². The van der Waals surface area contributed by atoms with Gasteiger partial charge in [0, 0.05) is 11.8 Å². The highest BCUT2D eigenvalue weighted by molar-refractivity contribution is 7.95. The first kappa shape index (κ1) is 13.5. The minimum atomic E-state index is 0.106. The maximum Gasteiger partial charge on any atom is 0.220 e. The lowest BCUT2D eigenvalue weighted by Crippen LogP contribution is -1.90. The molecule has 0 atom stereocenters. The number of benzene rings is 1. The van der Waals surface area contributed by atoms with Gasteiger partial charge in [-0.25, -0.2) is 0 Å². The number of hydrogen-bond acceptors (Lipinski definition) is 6. The molecule has 1 heterocycles. The van der Waals surface area contributed by atoms with Gasteiger partial charge in [-0.15, -0.1) is 0 Å². The van der Waals surface area contributed by atoms with Crippen molar-refractivity contribution >= 4 is 29.5 Å². The average Bonchev–Trinajstić information content (AvgIpc) is 2.42. The second-order valence-electron chi connectivity index (χ2n) is 3.42. The van der Waals surface area contributed by atoms with Crippen LogP contribution in [0.15, 0.2) is 36.4 Å². The second-order valence-corrected chi connectivity index (χ2v) is 4.16. The summed E-state index contributed by atoms with van der Waals surface area (Å²) in [5.74, 6) is 0.878. The molecule has 0 saturated heterocycles. The predicted octanol–water partition coefficient (Wildman–Crippen LogP) is 3.93. The molecule has 0 aliphatic carbocycles. The number of anilines is 1. The van der Waals surface area contributed by atoms with Crippen molar-refractivity contribution in [2.45, 2.75) is 0 Å². The van der Waals surface area contributed by atoms with Crippen molar-refractivity contribution in [3.8, 4) is 17.7 Å². The van der Waals surface area contributed by atoms with Crippen LogP contribution in [0, 0.1) is 11.3 Å². The summed E-state index contributed by atoms with van der Waals surface area (Å²) < 4.78 is 16.8. The molecule has 0 aliphatic rings. The highest BCUT2D eigenvalue weighted by Gasteiger charge is 2.04. The molecule has 2 N–H and O–H groups in total. The molecule has 19 heavy (non-hydrogen) atoms. The van der Waals surface area contributed by atoms with Crippen LogP contribution in [0.1, 0.15) is 5.56 Å². The van der Waals surface area contributed by atoms with E-state index in [0.717, 1.165) is 5.69 Å². The van der Waals surface area contributed by atoms with Crippen LogP contribution in [0.3, 0.4) is 0 Å². The molecule has 0 unspecified atom stereocenters. The van der Waals surface area contributed by atoms with Gasteiger partial charge in [0.25, 0.3) is 0 Å². The van der Waals surface area contributed by atoms with E-state index < -0.39 is 0 Å². The van der Waals surface area contributed by atoms with E-state index in [9.17, 15) is 0 Å². The highest BCUT2D eigenvalue weighted by atomic mass is 35.5. The largest absolute Gasteiger partial charge is 0.439 e. The Morgan fingerprint density at radius 1 is 1.26 bits per heavy atom. The summed E-state index contributed by atoms with van der Waals surface area (Å²) in [4.78, 5) is 3.96. The molecule has 0 fully saturated rings. The van der Waals surface area contributed by atoms with Crippen molar-refractivity contribution in [2.75, 3.05) is 4.72 Å². The molecular formula is C12H8ClN3O2S. The number of ether oxygens (including phenoxy) is 1. The summed E-state index contributed by atoms with van der Waals surface area (Å²) in [6.07, 6.45) is 0. The van der Waals surface area contributed by atoms with E-state index in [4.69, 9.17) is 26.2 Å². The van der Waals surface area contributed by atoms with E-state index >= 15 is 0 Å². The molecule has 7 heteroatoms. The summed E-state index contributed by atoms with van der Waals surface area (Å²) in [6.45, 7) is 0. The number of hydrogen-bond donors (Lipinski definition) is 2. The van der Waals surface area contributed by atoms with Crippen molar-refractivity contribution in [3.63, 3.8) is 0 Å². The summed E-state index contributed by atoms with van der Waals surface area (Å²) in [5, 5.41) is 8.84. The molecule has 2 rings (SSSR count). The Morgan fingerprint density at radius 2 is 2.00 bits per heavy atom. The van der Waals surface area contributed by atoms with Gasteiger partial charge in [-0.2, -0.15) is 10.2 Å². The molecule has 0 spiro atoms. The van der Waals surface area contributed by atoms with Crippen molar-refractivity contribution in [1.29, 1.82) is 5.26 Å². The Labute approximate surface area is 119 Å². The summed E-state index contributed by atoms with van der Waals surface area (Å²) >= 11 is 6.33. The first-order valence-electron chi connectivity index (χ1n) is 5.14. The Bertz CT molecular complexity index is 613. The van der Waals surface area contributed by atoms with Crippen LogP contribution in [0.2, 0.25) is 5.15 Å². The fraction of sp³-hybridized carbons (Fsp3) is 0. The Hall–Kier alpha value is -1.94. The summed E-state index contributed by atoms with van der Waals surface area (Å²) in [5.41, 5.74) is 1.04. The van der Waals surface area contributed by atoms with Crippen molar-refractivity contribution in [3.05, 3.63) is 47.1 Å². The maximum atomic E-state index is 8.74. The number of halogens is 1. The smallest absolute Gasteiger partial charge is 0.220 e. The van der Waals surface area contributed by atoms with Crippen molar-refractivity contribution in [1.82, 2.24) is 4.98 Å². The van der Waals surface area contributed by atoms with Gasteiger partial charge >= 0.3 is 0 Å². The van der Waals surface area contributed by atoms with Gasteiger partial charge in [0.15, 0.2) is 5.15 Å². The normalized spacial score (nSPS) is 9.74. The van der Waals surface area contributed by atoms with Gasteiger partial charge in [0.1, 0.15) is 24.0 Å². The van der Waals surface area contributed by atoms with Gasteiger partial charge in [-0.3, -0.25) is 0 Å². The standard InChI is InChI=1S/C12H8ClN3O2S/c13-12-8(7-14)1-6-11(15-12)18-10-4-2-9(3-5-10)16-19-17/h1-6,16-17H. The lowest BCUT2D eigenvalue weighted by Gasteiger charge is -2.06. The van der Waals surface area contributed by atoms with Gasteiger partial charge < -0.3 is 14.0 Å². The molecule has 1 aromatic carbocycles. The van der Waals surface area contributed by atoms with Crippen LogP contribution in [0.25, 0.3) is 0 Å². The van der Waals surface area contributed by atoms with Crippen LogP contribution < -0.4 is 9.46 Å². The summed E-state index contributed by atoms with van der Waals surface area (Å²) in [7, 11) is 0. The van der Waals surface area contributed by atoms with Crippen LogP contribution in [-0.2, 0) is 0 Å². The SMILES string of the molecule is N#Cc1ccc(Oc2ccc(NSO)cc2)nc1Cl. The molecule has 2 aromatic rings. The quantitative estimate of drug-likeness (QED) is 0.505. The number of aromatic nitrogens is 1. The molecule has 0 radical (unpaired) electrons. The third kappa shape index (κ3) is 3.51. The number of nitrogens with zero attached hydrogens (tertiary/aromatic N) is 2. The number of nitrogens with one attached hydrogen (secondary N) is 1. The minimum Gasteiger partial charge on any atom is -0.439 e. The fourth-order valence-corrected chi connectivity index (χ4v) is 1.75. The molecule has 5 nitrogen and oxygen atoms in total. The van der Waals surface area contributed by atoms with Crippen LogP contribution >= 0.6 is 23.8 Å². The zero-order valence-electron chi connectivity index (χ0n) is 9.50. The second kappa shape index (κ2) is 6.29. The Morgan fingerprint density at radius 3 is 2.58 bits per heavy atom. The third-order valence-corrected chi connectivity index (χ3v) is 2.80. The van der Waals surface area contributed by atoms with Gasteiger partial charge in [-0.1, -0.05) is 11.6 Å². The third-order valence-electron chi connectivity index (χ3n) is 2.18. The van der Waals surface area contributed by atoms with Gasteiger partial charge in [0.05, 0.1) is 5.56 Å². The minimum absolute atomic E-state index is 0.106.